The predicted octanol–water partition coefficient (Wildman–Crippen LogP) is 1.33. The van der Waals surface area contributed by atoms with Gasteiger partial charge in [-0.2, -0.15) is 0 Å². The van der Waals surface area contributed by atoms with Crippen LogP contribution < -0.4 is 5.32 Å². The Morgan fingerprint density at radius 2 is 2.00 bits per heavy atom. The first-order chi connectivity index (χ1) is 7.40. The van der Waals surface area contributed by atoms with E-state index in [0.717, 1.165) is 17.0 Å². The summed E-state index contributed by atoms with van der Waals surface area (Å²) in [6.45, 7) is 5.45. The summed E-state index contributed by atoms with van der Waals surface area (Å²) in [5, 5.41) is 13.7. The van der Waals surface area contributed by atoms with Crippen molar-refractivity contribution in [3.63, 3.8) is 0 Å². The molecule has 0 aliphatic carbocycles. The highest BCUT2D eigenvalue weighted by Gasteiger charge is 2.25. The molecule has 0 aromatic carbocycles. The first-order valence-electron chi connectivity index (χ1n) is 5.05. The van der Waals surface area contributed by atoms with Gasteiger partial charge in [0.2, 0.25) is 0 Å². The van der Waals surface area contributed by atoms with Crippen molar-refractivity contribution in [1.29, 1.82) is 0 Å². The number of rotatable bonds is 1. The number of nitrogens with zero attached hydrogens (tertiary/aromatic N) is 1. The molecule has 0 fully saturated rings. The van der Waals surface area contributed by atoms with Crippen molar-refractivity contribution < 1.29 is 9.90 Å². The molecule has 0 bridgehead atoms. The molecule has 0 radical (unpaired) electrons. The molecule has 5 heteroatoms. The number of carbonyl (C=O) groups is 1. The zero-order valence-corrected chi connectivity index (χ0v) is 11.6. The average Bonchev–Trinajstić information content (AvgIpc) is 2.29. The maximum absolute atomic E-state index is 12.0. The molecule has 0 aromatic heterocycles. The molecule has 0 aromatic rings. The van der Waals surface area contributed by atoms with Gasteiger partial charge >= 0.3 is 0 Å². The molecular formula is C11H17BrN2O2. The normalized spacial score (nSPS) is 32.2. The maximum atomic E-state index is 12.0. The number of carbonyl (C=O) groups excluding carboxylic acids is 1. The Kier molecular flexibility index (Phi) is 4.15. The van der Waals surface area contributed by atoms with Crippen LogP contribution >= 0.6 is 15.9 Å². The number of nitrogens with one attached hydrogen (secondary N) is 1. The molecule has 1 aliphatic heterocycles. The number of amides is 1. The predicted molar refractivity (Wildman–Crippen MR) is 66.8 cm³/mol. The minimum Gasteiger partial charge on any atom is -0.369 e. The van der Waals surface area contributed by atoms with Gasteiger partial charge in [-0.3, -0.25) is 4.79 Å². The van der Waals surface area contributed by atoms with Crippen LogP contribution in [0, 0.1) is 0 Å². The van der Waals surface area contributed by atoms with Crippen LogP contribution in [0.1, 0.15) is 20.8 Å². The molecule has 90 valence electrons. The highest BCUT2D eigenvalue weighted by molar-refractivity contribution is 9.09. The lowest BCUT2D eigenvalue weighted by Gasteiger charge is -2.30. The van der Waals surface area contributed by atoms with E-state index in [1.807, 2.05) is 13.8 Å². The molecule has 0 spiro atoms. The quantitative estimate of drug-likeness (QED) is 0.716. The third-order valence-corrected chi connectivity index (χ3v) is 3.47. The highest BCUT2D eigenvalue weighted by atomic mass is 79.9. The Hall–Kier alpha value is -0.810. The van der Waals surface area contributed by atoms with E-state index >= 15 is 0 Å². The van der Waals surface area contributed by atoms with Gasteiger partial charge in [-0.15, -0.1) is 0 Å². The van der Waals surface area contributed by atoms with Gasteiger partial charge in [0.1, 0.15) is 0 Å². The third-order valence-electron chi connectivity index (χ3n) is 2.91. The molecule has 2 N–H and O–H groups in total. The Bertz CT molecular complexity index is 374. The topological polar surface area (TPSA) is 52.6 Å². The van der Waals surface area contributed by atoms with Gasteiger partial charge in [0, 0.05) is 29.3 Å². The second kappa shape index (κ2) is 5.01. The summed E-state index contributed by atoms with van der Waals surface area (Å²) in [6.07, 6.45) is -0.869. The SMILES string of the molecule is C/C1=C(\C)C(O)N(C)C(=O)/C(C)=C(/CBr)N1. The summed E-state index contributed by atoms with van der Waals surface area (Å²) in [6, 6.07) is 0. The van der Waals surface area contributed by atoms with Crippen LogP contribution in [-0.4, -0.2) is 34.5 Å². The fourth-order valence-corrected chi connectivity index (χ4v) is 2.10. The van der Waals surface area contributed by atoms with Crippen molar-refractivity contribution in [2.24, 2.45) is 0 Å². The monoisotopic (exact) mass is 288 g/mol. The van der Waals surface area contributed by atoms with Gasteiger partial charge in [0.05, 0.1) is 0 Å². The summed E-state index contributed by atoms with van der Waals surface area (Å²) in [7, 11) is 1.60. The fourth-order valence-electron chi connectivity index (χ4n) is 1.54. The molecular weight excluding hydrogens is 272 g/mol. The van der Waals surface area contributed by atoms with E-state index in [9.17, 15) is 9.90 Å². The first-order valence-corrected chi connectivity index (χ1v) is 6.17. The molecule has 0 saturated carbocycles. The Morgan fingerprint density at radius 1 is 1.44 bits per heavy atom. The van der Waals surface area contributed by atoms with Crippen LogP contribution in [-0.2, 0) is 4.79 Å². The van der Waals surface area contributed by atoms with E-state index in [0.29, 0.717) is 10.9 Å². The lowest BCUT2D eigenvalue weighted by molar-refractivity contribution is -0.132. The van der Waals surface area contributed by atoms with Crippen molar-refractivity contribution in [2.75, 3.05) is 12.4 Å². The van der Waals surface area contributed by atoms with Crippen molar-refractivity contribution >= 4 is 21.8 Å². The van der Waals surface area contributed by atoms with Crippen molar-refractivity contribution in [3.8, 4) is 0 Å². The van der Waals surface area contributed by atoms with Crippen molar-refractivity contribution in [1.82, 2.24) is 10.2 Å². The Labute approximate surface area is 104 Å². The van der Waals surface area contributed by atoms with Crippen molar-refractivity contribution in [2.45, 2.75) is 27.0 Å². The number of likely N-dealkylation sites (N-methyl/N-ethyl adjacent to an activating group) is 1. The van der Waals surface area contributed by atoms with Crippen LogP contribution in [0.25, 0.3) is 0 Å². The second-order valence-corrected chi connectivity index (χ2v) is 4.52. The average molecular weight is 289 g/mol. The van der Waals surface area contributed by atoms with Gasteiger partial charge in [-0.1, -0.05) is 15.9 Å². The molecule has 1 aliphatic rings. The van der Waals surface area contributed by atoms with Crippen LogP contribution in [0.3, 0.4) is 0 Å². The van der Waals surface area contributed by atoms with E-state index in [4.69, 9.17) is 0 Å². The lowest BCUT2D eigenvalue weighted by Crippen LogP contribution is -2.41. The molecule has 1 amide bonds. The molecule has 1 heterocycles. The number of alkyl halides is 1. The zero-order valence-electron chi connectivity index (χ0n) is 9.97. The molecule has 16 heavy (non-hydrogen) atoms. The van der Waals surface area contributed by atoms with E-state index in [1.165, 1.54) is 4.90 Å². The number of hydrogen-bond acceptors (Lipinski definition) is 3. The lowest BCUT2D eigenvalue weighted by atomic mass is 10.1. The van der Waals surface area contributed by atoms with Gasteiger partial charge in [-0.25, -0.2) is 0 Å². The van der Waals surface area contributed by atoms with Crippen molar-refractivity contribution in [3.05, 3.63) is 22.5 Å². The van der Waals surface area contributed by atoms with Gasteiger partial charge in [0.15, 0.2) is 6.23 Å². The summed E-state index contributed by atoms with van der Waals surface area (Å²) >= 11 is 3.35. The first kappa shape index (κ1) is 13.3. The summed E-state index contributed by atoms with van der Waals surface area (Å²) in [5.41, 5.74) is 3.08. The van der Waals surface area contributed by atoms with E-state index < -0.39 is 6.23 Å². The Morgan fingerprint density at radius 3 is 2.50 bits per heavy atom. The van der Waals surface area contributed by atoms with Gasteiger partial charge in [-0.05, 0) is 26.3 Å². The van der Waals surface area contributed by atoms with Crippen LogP contribution in [0.4, 0.5) is 0 Å². The minimum atomic E-state index is -0.869. The molecule has 0 saturated heterocycles. The number of halogens is 1. The van der Waals surface area contributed by atoms with Crippen LogP contribution in [0.15, 0.2) is 22.5 Å². The number of aliphatic hydroxyl groups excluding tert-OH is 1. The largest absolute Gasteiger partial charge is 0.369 e. The van der Waals surface area contributed by atoms with E-state index in [1.54, 1.807) is 14.0 Å². The van der Waals surface area contributed by atoms with Crippen LogP contribution in [0.5, 0.6) is 0 Å². The summed E-state index contributed by atoms with van der Waals surface area (Å²) in [4.78, 5) is 13.3. The summed E-state index contributed by atoms with van der Waals surface area (Å²) < 4.78 is 0. The standard InChI is InChI=1S/C11H17BrN2O2/c1-6-8(3)13-9(5-12)7(2)11(16)14(4)10(6)15/h10,13,15H,5H2,1-4H3/b8-6-,9-7-. The highest BCUT2D eigenvalue weighted by Crippen LogP contribution is 2.19. The molecule has 4 nitrogen and oxygen atoms in total. The third kappa shape index (κ3) is 2.30. The molecule has 1 rings (SSSR count). The Balaban J connectivity index is 3.25. The van der Waals surface area contributed by atoms with E-state index in [-0.39, 0.29) is 5.91 Å². The van der Waals surface area contributed by atoms with Crippen LogP contribution in [0.2, 0.25) is 0 Å². The number of hydrogen-bond donors (Lipinski definition) is 2. The number of aliphatic hydroxyl groups is 1. The van der Waals surface area contributed by atoms with Gasteiger partial charge in [0.25, 0.3) is 5.91 Å². The minimum absolute atomic E-state index is 0.165. The zero-order chi connectivity index (χ0) is 12.5. The molecule has 1 atom stereocenters. The number of allylic oxidation sites excluding steroid dienone is 2. The second-order valence-electron chi connectivity index (χ2n) is 3.96. The fraction of sp³-hybridized carbons (Fsp3) is 0.545. The molecule has 1 unspecified atom stereocenters. The smallest absolute Gasteiger partial charge is 0.253 e. The maximum Gasteiger partial charge on any atom is 0.253 e. The summed E-state index contributed by atoms with van der Waals surface area (Å²) in [5.74, 6) is -0.165. The van der Waals surface area contributed by atoms with E-state index in [2.05, 4.69) is 21.2 Å². The van der Waals surface area contributed by atoms with Gasteiger partial charge < -0.3 is 15.3 Å².